The maximum Gasteiger partial charge on any atom is 0.242 e. The van der Waals surface area contributed by atoms with Crippen LogP contribution in [0, 0.1) is 0 Å². The molecule has 3 heterocycles. The number of likely N-dealkylation sites (tertiary alicyclic amines) is 1. The summed E-state index contributed by atoms with van der Waals surface area (Å²) in [5.74, 6) is 1.39. The van der Waals surface area contributed by atoms with Crippen LogP contribution in [0.4, 0.5) is 5.82 Å². The molecule has 1 aliphatic heterocycles. The van der Waals surface area contributed by atoms with Gasteiger partial charge in [-0.05, 0) is 43.6 Å². The summed E-state index contributed by atoms with van der Waals surface area (Å²) in [7, 11) is 3.88. The largest absolute Gasteiger partial charge is 0.363 e. The molecule has 1 aliphatic rings. The fourth-order valence-corrected chi connectivity index (χ4v) is 3.86. The molecule has 1 amide bonds. The molecule has 4 rings (SSSR count). The van der Waals surface area contributed by atoms with E-state index < -0.39 is 0 Å². The van der Waals surface area contributed by atoms with Crippen molar-refractivity contribution in [1.82, 2.24) is 25.2 Å². The Bertz CT molecular complexity index is 1000. The molecule has 0 radical (unpaired) electrons. The maximum atomic E-state index is 13.3. The number of hydrogen-bond acceptors (Lipinski definition) is 6. The van der Waals surface area contributed by atoms with Crippen LogP contribution in [0.3, 0.4) is 0 Å². The first-order chi connectivity index (χ1) is 15.1. The maximum absolute atomic E-state index is 13.3. The van der Waals surface area contributed by atoms with E-state index in [4.69, 9.17) is 0 Å². The van der Waals surface area contributed by atoms with E-state index in [1.165, 1.54) is 0 Å². The lowest BCUT2D eigenvalue weighted by molar-refractivity contribution is -0.126. The molecule has 7 heteroatoms. The van der Waals surface area contributed by atoms with Crippen molar-refractivity contribution < 1.29 is 4.79 Å². The van der Waals surface area contributed by atoms with E-state index in [2.05, 4.69) is 25.2 Å². The van der Waals surface area contributed by atoms with Gasteiger partial charge in [-0.3, -0.25) is 14.7 Å². The molecule has 1 aromatic carbocycles. The Hall–Kier alpha value is -3.32. The minimum atomic E-state index is -0.281. The van der Waals surface area contributed by atoms with Crippen LogP contribution in [0.15, 0.2) is 60.9 Å². The first-order valence-electron chi connectivity index (χ1n) is 10.6. The number of benzene rings is 1. The second-order valence-corrected chi connectivity index (χ2v) is 7.95. The van der Waals surface area contributed by atoms with Crippen LogP contribution in [0.25, 0.3) is 11.4 Å². The summed E-state index contributed by atoms with van der Waals surface area (Å²) >= 11 is 0. The number of carbonyl (C=O) groups is 1. The Morgan fingerprint density at radius 3 is 2.55 bits per heavy atom. The monoisotopic (exact) mass is 416 g/mol. The van der Waals surface area contributed by atoms with Gasteiger partial charge in [0.1, 0.15) is 11.9 Å². The molecule has 3 aromatic rings. The van der Waals surface area contributed by atoms with Gasteiger partial charge in [-0.2, -0.15) is 0 Å². The second kappa shape index (κ2) is 9.66. The van der Waals surface area contributed by atoms with E-state index in [-0.39, 0.29) is 11.9 Å². The number of anilines is 1. The number of hydrogen-bond donors (Lipinski definition) is 1. The van der Waals surface area contributed by atoms with Crippen molar-refractivity contribution in [2.45, 2.75) is 25.4 Å². The predicted molar refractivity (Wildman–Crippen MR) is 121 cm³/mol. The zero-order valence-electron chi connectivity index (χ0n) is 18.0. The molecule has 0 aliphatic carbocycles. The van der Waals surface area contributed by atoms with Crippen molar-refractivity contribution in [2.24, 2.45) is 0 Å². The molecule has 0 spiro atoms. The first-order valence-corrected chi connectivity index (χ1v) is 10.6. The standard InChI is InChI=1S/C24H28N6O/c1-29(2)21-15-20(27-23(28-21)19-11-8-12-25-16-19)17-26-24(31)22(30-13-6-7-14-30)18-9-4-3-5-10-18/h3-5,8-12,15-16,22H,6-7,13-14,17H2,1-2H3,(H,26,31)/t22-/m0/s1. The molecule has 1 fully saturated rings. The Balaban J connectivity index is 1.55. The topological polar surface area (TPSA) is 74.2 Å². The number of nitrogens with one attached hydrogen (secondary N) is 1. The van der Waals surface area contributed by atoms with Gasteiger partial charge in [-0.1, -0.05) is 30.3 Å². The number of amides is 1. The summed E-state index contributed by atoms with van der Waals surface area (Å²) in [6, 6.07) is 15.4. The molecule has 31 heavy (non-hydrogen) atoms. The Kier molecular flexibility index (Phi) is 6.52. The molecule has 1 N–H and O–H groups in total. The highest BCUT2D eigenvalue weighted by Gasteiger charge is 2.29. The molecule has 1 atom stereocenters. The molecule has 0 bridgehead atoms. The smallest absolute Gasteiger partial charge is 0.242 e. The summed E-state index contributed by atoms with van der Waals surface area (Å²) in [6.45, 7) is 2.22. The van der Waals surface area contributed by atoms with Crippen molar-refractivity contribution in [3.8, 4) is 11.4 Å². The Morgan fingerprint density at radius 2 is 1.87 bits per heavy atom. The first kappa shape index (κ1) is 20.9. The van der Waals surface area contributed by atoms with Gasteiger partial charge in [0.15, 0.2) is 5.82 Å². The van der Waals surface area contributed by atoms with Crippen molar-refractivity contribution in [2.75, 3.05) is 32.1 Å². The van der Waals surface area contributed by atoms with Gasteiger partial charge in [0.2, 0.25) is 5.91 Å². The van der Waals surface area contributed by atoms with Gasteiger partial charge in [0.05, 0.1) is 12.2 Å². The van der Waals surface area contributed by atoms with E-state index in [1.54, 1.807) is 12.4 Å². The van der Waals surface area contributed by atoms with Crippen LogP contribution in [-0.4, -0.2) is 52.9 Å². The zero-order valence-corrected chi connectivity index (χ0v) is 18.0. The third-order valence-corrected chi connectivity index (χ3v) is 5.46. The summed E-state index contributed by atoms with van der Waals surface area (Å²) < 4.78 is 0. The highest BCUT2D eigenvalue weighted by Crippen LogP contribution is 2.25. The van der Waals surface area contributed by atoms with Gasteiger partial charge in [0, 0.05) is 38.1 Å². The van der Waals surface area contributed by atoms with Crippen molar-refractivity contribution in [3.63, 3.8) is 0 Å². The average Bonchev–Trinajstić information content (AvgIpc) is 3.33. The fourth-order valence-electron chi connectivity index (χ4n) is 3.86. The Morgan fingerprint density at radius 1 is 1.10 bits per heavy atom. The second-order valence-electron chi connectivity index (χ2n) is 7.95. The lowest BCUT2D eigenvalue weighted by Crippen LogP contribution is -2.39. The average molecular weight is 417 g/mol. The normalized spacial score (nSPS) is 14.9. The third-order valence-electron chi connectivity index (χ3n) is 5.46. The van der Waals surface area contributed by atoms with Crippen LogP contribution in [0.2, 0.25) is 0 Å². The number of nitrogens with zero attached hydrogens (tertiary/aromatic N) is 5. The quantitative estimate of drug-likeness (QED) is 0.638. The van der Waals surface area contributed by atoms with Gasteiger partial charge < -0.3 is 10.2 Å². The van der Waals surface area contributed by atoms with Crippen molar-refractivity contribution >= 4 is 11.7 Å². The summed E-state index contributed by atoms with van der Waals surface area (Å²) in [6.07, 6.45) is 5.73. The van der Waals surface area contributed by atoms with Crippen molar-refractivity contribution in [3.05, 3.63) is 72.2 Å². The van der Waals surface area contributed by atoms with Crippen LogP contribution in [0.1, 0.15) is 30.1 Å². The van der Waals surface area contributed by atoms with Crippen molar-refractivity contribution in [1.29, 1.82) is 0 Å². The van der Waals surface area contributed by atoms with Crippen LogP contribution < -0.4 is 10.2 Å². The minimum Gasteiger partial charge on any atom is -0.363 e. The molecule has 0 saturated carbocycles. The zero-order chi connectivity index (χ0) is 21.6. The lowest BCUT2D eigenvalue weighted by atomic mass is 10.0. The minimum absolute atomic E-state index is 0.000966. The van der Waals surface area contributed by atoms with E-state index in [0.717, 1.165) is 48.6 Å². The summed E-state index contributed by atoms with van der Waals surface area (Å²) in [5, 5.41) is 3.11. The number of carbonyl (C=O) groups excluding carboxylic acids is 1. The molecule has 160 valence electrons. The summed E-state index contributed by atoms with van der Waals surface area (Å²) in [4.78, 5) is 30.9. The highest BCUT2D eigenvalue weighted by molar-refractivity contribution is 5.83. The fraction of sp³-hybridized carbons (Fsp3) is 0.333. The van der Waals surface area contributed by atoms with Gasteiger partial charge in [-0.15, -0.1) is 0 Å². The lowest BCUT2D eigenvalue weighted by Gasteiger charge is -2.27. The highest BCUT2D eigenvalue weighted by atomic mass is 16.2. The third kappa shape index (κ3) is 5.06. The van der Waals surface area contributed by atoms with Gasteiger partial charge in [-0.25, -0.2) is 9.97 Å². The SMILES string of the molecule is CN(C)c1cc(CNC(=O)[C@H](c2ccccc2)N2CCCC2)nc(-c2cccnc2)n1. The summed E-state index contributed by atoms with van der Waals surface area (Å²) in [5.41, 5.74) is 2.63. The van der Waals surface area contributed by atoms with Gasteiger partial charge >= 0.3 is 0 Å². The number of pyridine rings is 1. The van der Waals surface area contributed by atoms with E-state index in [0.29, 0.717) is 12.4 Å². The van der Waals surface area contributed by atoms with E-state index >= 15 is 0 Å². The van der Waals surface area contributed by atoms with Crippen LogP contribution >= 0.6 is 0 Å². The molecule has 0 unspecified atom stereocenters. The molecular formula is C24H28N6O. The van der Waals surface area contributed by atoms with E-state index in [1.807, 2.05) is 67.5 Å². The van der Waals surface area contributed by atoms with Crippen LogP contribution in [0.5, 0.6) is 0 Å². The number of rotatable bonds is 7. The molecule has 1 saturated heterocycles. The molecule has 7 nitrogen and oxygen atoms in total. The van der Waals surface area contributed by atoms with Crippen LogP contribution in [-0.2, 0) is 11.3 Å². The molecule has 2 aromatic heterocycles. The van der Waals surface area contributed by atoms with E-state index in [9.17, 15) is 4.79 Å². The predicted octanol–water partition coefficient (Wildman–Crippen LogP) is 3.06. The molecular weight excluding hydrogens is 388 g/mol. The Labute approximate surface area is 183 Å². The number of aromatic nitrogens is 3. The van der Waals surface area contributed by atoms with Gasteiger partial charge in [0.25, 0.3) is 0 Å².